The molecule has 6 fully saturated rings. The molecule has 0 bridgehead atoms. The number of halogens is 4. The van der Waals surface area contributed by atoms with E-state index in [2.05, 4.69) is 31.2 Å². The van der Waals surface area contributed by atoms with Crippen molar-refractivity contribution >= 4 is 39.6 Å². The second-order valence-corrected chi connectivity index (χ2v) is 16.2. The van der Waals surface area contributed by atoms with Crippen LogP contribution in [0.15, 0.2) is 37.2 Å². The molecule has 4 saturated heterocycles. The summed E-state index contributed by atoms with van der Waals surface area (Å²) < 4.78 is 63.9. The van der Waals surface area contributed by atoms with Crippen molar-refractivity contribution in [2.75, 3.05) is 68.8 Å². The molecular weight excluding hydrogens is 676 g/mol. The van der Waals surface area contributed by atoms with Crippen LogP contribution in [0, 0.1) is 16.6 Å². The van der Waals surface area contributed by atoms with Crippen LogP contribution < -0.4 is 14.5 Å². The molecule has 272 valence electrons. The van der Waals surface area contributed by atoms with Crippen molar-refractivity contribution in [1.82, 2.24) is 29.7 Å². The Balaban J connectivity index is 1.10. The first-order valence-corrected chi connectivity index (χ1v) is 18.4. The molecule has 2 saturated carbocycles. The van der Waals surface area contributed by atoms with Crippen LogP contribution in [0.1, 0.15) is 50.0 Å². The van der Waals surface area contributed by atoms with E-state index in [1.807, 2.05) is 11.0 Å². The highest BCUT2D eigenvalue weighted by atomic mass is 19.4. The topological polar surface area (TPSA) is 93.7 Å². The molecule has 6 heterocycles. The largest absolute Gasteiger partial charge is 0.481 e. The van der Waals surface area contributed by atoms with Gasteiger partial charge in [0.05, 0.1) is 17.4 Å². The number of aromatic nitrogens is 4. The molecule has 2 aromatic heterocycles. The number of likely N-dealkylation sites (tertiary alicyclic amines) is 2. The maximum absolute atomic E-state index is 16.1. The maximum Gasteiger partial charge on any atom is 0.422 e. The zero-order valence-corrected chi connectivity index (χ0v) is 28.8. The van der Waals surface area contributed by atoms with Crippen molar-refractivity contribution in [1.29, 1.82) is 0 Å². The lowest BCUT2D eigenvalue weighted by Gasteiger charge is -2.54. The molecule has 2 spiro atoms. The zero-order chi connectivity index (χ0) is 35.6. The number of benzene rings is 2. The van der Waals surface area contributed by atoms with E-state index in [9.17, 15) is 18.0 Å². The number of aromatic amines is 1. The number of fused-ring (bicyclic) bond motifs is 2. The number of hydrogen-bond donors (Lipinski definition) is 1. The van der Waals surface area contributed by atoms with Crippen molar-refractivity contribution < 1.29 is 27.1 Å². The van der Waals surface area contributed by atoms with Crippen LogP contribution in [-0.2, 0) is 4.79 Å². The number of ether oxygens (including phenoxy) is 1. The molecule has 10 nitrogen and oxygen atoms in total. The third kappa shape index (κ3) is 5.30. The lowest BCUT2D eigenvalue weighted by molar-refractivity contribution is -0.153. The fourth-order valence-corrected chi connectivity index (χ4v) is 9.08. The number of alkyl halides is 3. The Labute approximate surface area is 297 Å². The molecule has 1 N–H and O–H groups in total. The highest BCUT2D eigenvalue weighted by Crippen LogP contribution is 2.55. The van der Waals surface area contributed by atoms with Gasteiger partial charge in [0.25, 0.3) is 0 Å². The lowest BCUT2D eigenvalue weighted by atomic mass is 9.72. The Bertz CT molecular complexity index is 2110. The van der Waals surface area contributed by atoms with E-state index in [1.165, 1.54) is 31.3 Å². The van der Waals surface area contributed by atoms with Crippen LogP contribution in [0.25, 0.3) is 33.1 Å². The number of piperidine rings is 1. The van der Waals surface area contributed by atoms with Gasteiger partial charge in [0.15, 0.2) is 12.4 Å². The predicted molar refractivity (Wildman–Crippen MR) is 188 cm³/mol. The van der Waals surface area contributed by atoms with Gasteiger partial charge < -0.3 is 24.4 Å². The monoisotopic (exact) mass is 716 g/mol. The average molecular weight is 717 g/mol. The van der Waals surface area contributed by atoms with Crippen LogP contribution in [0.3, 0.4) is 0 Å². The Morgan fingerprint density at radius 2 is 1.71 bits per heavy atom. The van der Waals surface area contributed by atoms with Crippen LogP contribution >= 0.6 is 0 Å². The summed E-state index contributed by atoms with van der Waals surface area (Å²) in [5, 5.41) is 0.602. The lowest BCUT2D eigenvalue weighted by Crippen LogP contribution is -2.66. The van der Waals surface area contributed by atoms with E-state index < -0.39 is 18.6 Å². The summed E-state index contributed by atoms with van der Waals surface area (Å²) in [7, 11) is 0. The summed E-state index contributed by atoms with van der Waals surface area (Å²) in [6, 6.07) is 5.24. The van der Waals surface area contributed by atoms with Gasteiger partial charge in [-0.2, -0.15) is 18.2 Å². The van der Waals surface area contributed by atoms with Gasteiger partial charge in [-0.3, -0.25) is 9.69 Å². The number of hydrogen-bond acceptors (Lipinski definition) is 8. The van der Waals surface area contributed by atoms with E-state index in [0.717, 1.165) is 57.4 Å². The molecule has 14 heteroatoms. The van der Waals surface area contributed by atoms with Gasteiger partial charge in [-0.05, 0) is 79.7 Å². The highest BCUT2D eigenvalue weighted by molar-refractivity contribution is 6.04. The van der Waals surface area contributed by atoms with Crippen LogP contribution in [-0.4, -0.2) is 107 Å². The number of carbonyl (C=O) groups is 1. The number of anilines is 2. The number of nitrogens with one attached hydrogen (secondary N) is 1. The quantitative estimate of drug-likeness (QED) is 0.175. The standard InChI is InChI=1S/C38H40F4N8O2/c1-2-28(51)50-18-37(19-50)9-11-47(12-10-37)34-25-13-24(22-3-4-22)29(30-26(39)5-6-27-32(30)44-21-43-27)33(52-20-38(40,41)42)31(25)45-35(46-34)48-14-23(15-48)49-16-36(17-49)7-8-36/h2,5-6,13,21-23H,1,3-4,7-12,14-20H2,(H,43,44). The maximum atomic E-state index is 16.1. The fourth-order valence-electron chi connectivity index (χ4n) is 9.08. The third-order valence-electron chi connectivity index (χ3n) is 12.5. The normalized spacial score (nSPS) is 22.5. The summed E-state index contributed by atoms with van der Waals surface area (Å²) in [5.41, 5.74) is 2.80. The molecule has 10 rings (SSSR count). The van der Waals surface area contributed by atoms with Crippen LogP contribution in [0.5, 0.6) is 5.75 Å². The van der Waals surface area contributed by atoms with Gasteiger partial charge in [-0.25, -0.2) is 14.4 Å². The number of amides is 1. The molecule has 52 heavy (non-hydrogen) atoms. The summed E-state index contributed by atoms with van der Waals surface area (Å²) in [6.07, 6.45) is 4.10. The molecule has 0 radical (unpaired) electrons. The molecule has 4 aromatic rings. The smallest absolute Gasteiger partial charge is 0.422 e. The minimum Gasteiger partial charge on any atom is -0.481 e. The van der Waals surface area contributed by atoms with Gasteiger partial charge in [0, 0.05) is 80.3 Å². The molecule has 0 atom stereocenters. The molecule has 1 amide bonds. The Morgan fingerprint density at radius 1 is 0.981 bits per heavy atom. The fraction of sp³-hybridized carbons (Fsp3) is 0.526. The predicted octanol–water partition coefficient (Wildman–Crippen LogP) is 6.03. The van der Waals surface area contributed by atoms with Crippen molar-refractivity contribution in [3.8, 4) is 16.9 Å². The molecule has 2 aliphatic carbocycles. The first kappa shape index (κ1) is 32.2. The van der Waals surface area contributed by atoms with Gasteiger partial charge in [0.2, 0.25) is 11.9 Å². The van der Waals surface area contributed by atoms with Crippen molar-refractivity contribution in [3.63, 3.8) is 0 Å². The van der Waals surface area contributed by atoms with Crippen molar-refractivity contribution in [2.24, 2.45) is 10.8 Å². The van der Waals surface area contributed by atoms with Crippen molar-refractivity contribution in [3.05, 3.63) is 48.6 Å². The zero-order valence-electron chi connectivity index (χ0n) is 28.8. The highest BCUT2D eigenvalue weighted by Gasteiger charge is 2.55. The van der Waals surface area contributed by atoms with Gasteiger partial charge >= 0.3 is 6.18 Å². The van der Waals surface area contributed by atoms with Crippen LogP contribution in [0.2, 0.25) is 0 Å². The molecule has 6 aliphatic rings. The van der Waals surface area contributed by atoms with E-state index in [-0.39, 0.29) is 39.6 Å². The second kappa shape index (κ2) is 11.3. The Kier molecular flexibility index (Phi) is 6.98. The number of carbonyl (C=O) groups excluding carboxylic acids is 1. The van der Waals surface area contributed by atoms with E-state index in [1.54, 1.807) is 6.07 Å². The first-order valence-electron chi connectivity index (χ1n) is 18.4. The van der Waals surface area contributed by atoms with E-state index >= 15 is 4.39 Å². The third-order valence-corrected chi connectivity index (χ3v) is 12.5. The molecule has 2 aromatic carbocycles. The minimum atomic E-state index is -4.64. The van der Waals surface area contributed by atoms with E-state index in [4.69, 9.17) is 14.7 Å². The average Bonchev–Trinajstić information content (AvgIpc) is 4.01. The number of imidazole rings is 1. The molecular formula is C38H40F4N8O2. The van der Waals surface area contributed by atoms with Gasteiger partial charge in [0.1, 0.15) is 17.2 Å². The number of H-pyrrole nitrogens is 1. The number of nitrogens with zero attached hydrogens (tertiary/aromatic N) is 7. The van der Waals surface area contributed by atoms with Crippen LogP contribution in [0.4, 0.5) is 29.3 Å². The Hall–Kier alpha value is -4.46. The summed E-state index contributed by atoms with van der Waals surface area (Å²) in [5.74, 6) is 0.372. The second-order valence-electron chi connectivity index (χ2n) is 16.2. The van der Waals surface area contributed by atoms with Crippen molar-refractivity contribution in [2.45, 2.75) is 56.7 Å². The summed E-state index contributed by atoms with van der Waals surface area (Å²) >= 11 is 0. The van der Waals surface area contributed by atoms with Gasteiger partial charge in [-0.1, -0.05) is 6.58 Å². The SMILES string of the molecule is C=CC(=O)N1CC2(CCN(c3nc(N4CC(N5CC6(CC6)C5)C4)nc4c(OCC(F)(F)F)c(-c5c(F)ccc6[nH]cnc56)c(C5CC5)cc34)CC2)C1. The summed E-state index contributed by atoms with van der Waals surface area (Å²) in [6.45, 7) is 8.47. The first-order chi connectivity index (χ1) is 25.0. The van der Waals surface area contributed by atoms with E-state index in [0.29, 0.717) is 65.8 Å². The minimum absolute atomic E-state index is 0.0178. The number of rotatable bonds is 8. The molecule has 4 aliphatic heterocycles. The molecule has 0 unspecified atom stereocenters. The Morgan fingerprint density at radius 3 is 2.38 bits per heavy atom. The van der Waals surface area contributed by atoms with Gasteiger partial charge in [-0.15, -0.1) is 0 Å². The summed E-state index contributed by atoms with van der Waals surface area (Å²) in [4.78, 5) is 38.5.